The van der Waals surface area contributed by atoms with E-state index < -0.39 is 34.9 Å². The zero-order chi connectivity index (χ0) is 27.7. The van der Waals surface area contributed by atoms with Gasteiger partial charge in [0.1, 0.15) is 16.7 Å². The van der Waals surface area contributed by atoms with Gasteiger partial charge in [-0.3, -0.25) is 14.4 Å². The average molecular weight is 552 g/mol. The molecule has 208 valence electrons. The normalized spacial score (nSPS) is 24.9. The molecule has 3 fully saturated rings. The highest BCUT2D eigenvalue weighted by Gasteiger charge is 2.66. The molecule has 5 rings (SSSR count). The number of nitrogens with zero attached hydrogens (tertiary/aromatic N) is 2. The maximum absolute atomic E-state index is 13.7. The molecule has 2 aliphatic heterocycles. The lowest BCUT2D eigenvalue weighted by atomic mass is 9.89. The van der Waals surface area contributed by atoms with Gasteiger partial charge in [0.05, 0.1) is 11.9 Å². The summed E-state index contributed by atoms with van der Waals surface area (Å²) < 4.78 is 0. The van der Waals surface area contributed by atoms with E-state index in [-0.39, 0.29) is 29.7 Å². The third-order valence-electron chi connectivity index (χ3n) is 8.54. The quantitative estimate of drug-likeness (QED) is 0.359. The van der Waals surface area contributed by atoms with Gasteiger partial charge < -0.3 is 25.3 Å². The van der Waals surface area contributed by atoms with Gasteiger partial charge >= 0.3 is 0 Å². The molecule has 39 heavy (non-hydrogen) atoms. The first kappa shape index (κ1) is 27.5. The number of fused-ring (bicyclic) bond motifs is 1. The van der Waals surface area contributed by atoms with Crippen LogP contribution >= 0.6 is 11.8 Å². The first-order valence-electron chi connectivity index (χ1n) is 13.8. The third kappa shape index (κ3) is 5.14. The summed E-state index contributed by atoms with van der Waals surface area (Å²) in [6, 6.07) is 12.7. The SMILES string of the molecule is Cc1c(O)cccc1C(=O)NC(Cc1ccccc1)[C@H](O)C(=O)N1CSC2(C)[C@H]1C(=O)N2C1CCCCCC1. The predicted octanol–water partition coefficient (Wildman–Crippen LogP) is 3.59. The Morgan fingerprint density at radius 1 is 1.08 bits per heavy atom. The number of carbonyl (C=O) groups is 3. The van der Waals surface area contributed by atoms with E-state index in [1.807, 2.05) is 42.2 Å². The van der Waals surface area contributed by atoms with Crippen molar-refractivity contribution in [1.82, 2.24) is 15.1 Å². The summed E-state index contributed by atoms with van der Waals surface area (Å²) in [7, 11) is 0. The molecule has 0 aromatic heterocycles. The van der Waals surface area contributed by atoms with Gasteiger partial charge in [-0.1, -0.05) is 62.1 Å². The van der Waals surface area contributed by atoms with E-state index in [1.165, 1.54) is 23.8 Å². The second kappa shape index (κ2) is 11.2. The van der Waals surface area contributed by atoms with Crippen LogP contribution in [0, 0.1) is 6.92 Å². The second-order valence-corrected chi connectivity index (χ2v) is 12.4. The highest BCUT2D eigenvalue weighted by molar-refractivity contribution is 8.01. The fourth-order valence-electron chi connectivity index (χ4n) is 6.31. The van der Waals surface area contributed by atoms with Crippen LogP contribution in [0.3, 0.4) is 0 Å². The Labute approximate surface area is 233 Å². The summed E-state index contributed by atoms with van der Waals surface area (Å²) in [6.45, 7) is 3.67. The van der Waals surface area contributed by atoms with Crippen molar-refractivity contribution >= 4 is 29.5 Å². The van der Waals surface area contributed by atoms with Gasteiger partial charge in [-0.2, -0.15) is 0 Å². The van der Waals surface area contributed by atoms with Crippen molar-refractivity contribution in [3.8, 4) is 5.75 Å². The number of benzene rings is 2. The first-order chi connectivity index (χ1) is 18.7. The Morgan fingerprint density at radius 3 is 2.46 bits per heavy atom. The molecule has 1 aliphatic carbocycles. The number of rotatable bonds is 7. The molecule has 2 saturated heterocycles. The maximum Gasteiger partial charge on any atom is 0.255 e. The minimum absolute atomic E-state index is 0.00557. The number of aromatic hydroxyl groups is 1. The number of hydrogen-bond donors (Lipinski definition) is 3. The van der Waals surface area contributed by atoms with Crippen molar-refractivity contribution in [2.75, 3.05) is 5.88 Å². The summed E-state index contributed by atoms with van der Waals surface area (Å²) >= 11 is 1.57. The molecule has 2 aromatic rings. The molecule has 2 heterocycles. The van der Waals surface area contributed by atoms with Crippen LogP contribution in [0.25, 0.3) is 0 Å². The summed E-state index contributed by atoms with van der Waals surface area (Å²) in [4.78, 5) is 43.4. The lowest BCUT2D eigenvalue weighted by Crippen LogP contribution is -2.76. The van der Waals surface area contributed by atoms with Crippen LogP contribution in [-0.4, -0.2) is 72.7 Å². The molecule has 9 heteroatoms. The summed E-state index contributed by atoms with van der Waals surface area (Å²) in [5, 5.41) is 24.3. The van der Waals surface area contributed by atoms with Crippen LogP contribution in [0.2, 0.25) is 0 Å². The molecule has 2 unspecified atom stereocenters. The summed E-state index contributed by atoms with van der Waals surface area (Å²) in [5.74, 6) is -0.790. The zero-order valence-electron chi connectivity index (χ0n) is 22.5. The number of aliphatic hydroxyl groups is 1. The smallest absolute Gasteiger partial charge is 0.255 e. The lowest BCUT2D eigenvalue weighted by molar-refractivity contribution is -0.171. The molecule has 4 atom stereocenters. The topological polar surface area (TPSA) is 110 Å². The number of phenolic OH excluding ortho intramolecular Hbond substituents is 1. The Balaban J connectivity index is 1.35. The van der Waals surface area contributed by atoms with Crippen molar-refractivity contribution in [2.24, 2.45) is 0 Å². The van der Waals surface area contributed by atoms with Crippen LogP contribution in [0.5, 0.6) is 5.75 Å². The fraction of sp³-hybridized carbons (Fsp3) is 0.500. The molecule has 1 saturated carbocycles. The van der Waals surface area contributed by atoms with E-state index in [1.54, 1.807) is 30.8 Å². The number of likely N-dealkylation sites (tertiary alicyclic amines) is 1. The fourth-order valence-corrected chi connectivity index (χ4v) is 7.75. The largest absolute Gasteiger partial charge is 0.508 e. The molecule has 3 amide bonds. The summed E-state index contributed by atoms with van der Waals surface area (Å²) in [6.07, 6.45) is 5.27. The van der Waals surface area contributed by atoms with E-state index in [9.17, 15) is 24.6 Å². The average Bonchev–Trinajstić information content (AvgIpc) is 3.05. The summed E-state index contributed by atoms with van der Waals surface area (Å²) in [5.41, 5.74) is 1.53. The minimum atomic E-state index is -1.55. The zero-order valence-corrected chi connectivity index (χ0v) is 23.3. The van der Waals surface area contributed by atoms with E-state index in [4.69, 9.17) is 0 Å². The molecule has 2 aromatic carbocycles. The van der Waals surface area contributed by atoms with Gasteiger partial charge in [-0.05, 0) is 50.8 Å². The van der Waals surface area contributed by atoms with Crippen LogP contribution in [-0.2, 0) is 16.0 Å². The number of thioether (sulfide) groups is 1. The van der Waals surface area contributed by atoms with E-state index in [2.05, 4.69) is 5.32 Å². The van der Waals surface area contributed by atoms with Crippen LogP contribution in [0.1, 0.15) is 66.9 Å². The van der Waals surface area contributed by atoms with Crippen LogP contribution < -0.4 is 5.32 Å². The number of phenols is 1. The Morgan fingerprint density at radius 2 is 1.77 bits per heavy atom. The number of carbonyl (C=O) groups excluding carboxylic acids is 3. The van der Waals surface area contributed by atoms with Crippen LogP contribution in [0.4, 0.5) is 0 Å². The molecule has 0 spiro atoms. The highest BCUT2D eigenvalue weighted by Crippen LogP contribution is 2.52. The number of nitrogens with one attached hydrogen (secondary N) is 1. The van der Waals surface area contributed by atoms with Crippen molar-refractivity contribution in [2.45, 2.75) is 87.9 Å². The van der Waals surface area contributed by atoms with Crippen molar-refractivity contribution < 1.29 is 24.6 Å². The molecule has 3 N–H and O–H groups in total. The monoisotopic (exact) mass is 551 g/mol. The third-order valence-corrected chi connectivity index (χ3v) is 9.95. The van der Waals surface area contributed by atoms with E-state index in [0.717, 1.165) is 31.2 Å². The Hall–Kier alpha value is -3.04. The number of β-lactam (4-membered cyclic amide) rings is 1. The van der Waals surface area contributed by atoms with E-state index >= 15 is 0 Å². The number of hydrogen-bond acceptors (Lipinski definition) is 6. The molecular formula is C30H37N3O5S. The van der Waals surface area contributed by atoms with Crippen molar-refractivity contribution in [1.29, 1.82) is 0 Å². The number of amides is 3. The Bertz CT molecular complexity index is 1230. The Kier molecular flexibility index (Phi) is 7.91. The predicted molar refractivity (Wildman–Crippen MR) is 150 cm³/mol. The number of aliphatic hydroxyl groups excluding tert-OH is 1. The van der Waals surface area contributed by atoms with Crippen molar-refractivity contribution in [3.63, 3.8) is 0 Å². The molecule has 3 aliphatic rings. The van der Waals surface area contributed by atoms with Gasteiger partial charge in [-0.25, -0.2) is 0 Å². The van der Waals surface area contributed by atoms with Gasteiger partial charge in [0.2, 0.25) is 5.91 Å². The van der Waals surface area contributed by atoms with Gasteiger partial charge in [-0.15, -0.1) is 11.8 Å². The van der Waals surface area contributed by atoms with E-state index in [0.29, 0.717) is 11.4 Å². The van der Waals surface area contributed by atoms with Crippen LogP contribution in [0.15, 0.2) is 48.5 Å². The molecular weight excluding hydrogens is 514 g/mol. The van der Waals surface area contributed by atoms with Gasteiger partial charge in [0, 0.05) is 17.2 Å². The van der Waals surface area contributed by atoms with Crippen molar-refractivity contribution in [3.05, 3.63) is 65.2 Å². The maximum atomic E-state index is 13.7. The van der Waals surface area contributed by atoms with Gasteiger partial charge in [0.15, 0.2) is 6.10 Å². The minimum Gasteiger partial charge on any atom is -0.508 e. The molecule has 0 bridgehead atoms. The standard InChI is InChI=1S/C30H37N3O5S/c1-19-22(15-10-16-24(19)34)27(36)31-23(17-20-11-6-5-7-12-20)25(35)28(37)32-18-39-30(2)26(32)29(38)33(30)21-13-8-3-4-9-14-21/h5-7,10-12,15-16,21,23,25-26,34-35H,3-4,8-9,13-14,17-18H2,1-2H3,(H,31,36)/t23?,25-,26+,30?/m0/s1. The highest BCUT2D eigenvalue weighted by atomic mass is 32.2. The van der Waals surface area contributed by atoms with Gasteiger partial charge in [0.25, 0.3) is 11.8 Å². The molecule has 0 radical (unpaired) electrons. The molecule has 8 nitrogen and oxygen atoms in total. The second-order valence-electron chi connectivity index (χ2n) is 11.1. The lowest BCUT2D eigenvalue weighted by Gasteiger charge is -2.56. The first-order valence-corrected chi connectivity index (χ1v) is 14.8.